The lowest BCUT2D eigenvalue weighted by atomic mass is 9.97. The summed E-state index contributed by atoms with van der Waals surface area (Å²) in [4.78, 5) is 23.4. The number of halogens is 3. The van der Waals surface area contributed by atoms with Crippen molar-refractivity contribution in [3.63, 3.8) is 0 Å². The maximum Gasteiger partial charge on any atom is 0.450 e. The van der Waals surface area contributed by atoms with Crippen molar-refractivity contribution in [3.05, 3.63) is 23.2 Å². The first-order valence-electron chi connectivity index (χ1n) is 6.71. The van der Waals surface area contributed by atoms with E-state index < -0.39 is 40.9 Å². The van der Waals surface area contributed by atoms with Crippen LogP contribution in [0.4, 0.5) is 13.2 Å². The normalized spacial score (nSPS) is 16.8. The third-order valence-corrected chi connectivity index (χ3v) is 3.46. The molecule has 0 N–H and O–H groups in total. The highest BCUT2D eigenvalue weighted by molar-refractivity contribution is 6.06. The van der Waals surface area contributed by atoms with Crippen LogP contribution in [0.25, 0.3) is 0 Å². The number of hydrogen-bond donors (Lipinski definition) is 0. The number of carbonyl (C=O) groups is 2. The van der Waals surface area contributed by atoms with Gasteiger partial charge in [-0.2, -0.15) is 13.2 Å². The summed E-state index contributed by atoms with van der Waals surface area (Å²) in [5.41, 5.74) is -1.22. The van der Waals surface area contributed by atoms with Crippen LogP contribution in [-0.2, 0) is 10.9 Å². The summed E-state index contributed by atoms with van der Waals surface area (Å²) < 4.78 is 48.0. The van der Waals surface area contributed by atoms with Gasteiger partial charge in [-0.3, -0.25) is 4.79 Å². The first kappa shape index (κ1) is 15.6. The molecule has 0 aliphatic heterocycles. The quantitative estimate of drug-likeness (QED) is 0.626. The standard InChI is InChI=1S/C14H15F3O4/c1-8(18)10-7-20-12(14(15,16)17)11(10)13(19)21-9-5-3-2-4-6-9/h7,9H,2-6H2,1H3. The van der Waals surface area contributed by atoms with E-state index in [1.54, 1.807) is 0 Å². The third-order valence-electron chi connectivity index (χ3n) is 3.46. The molecule has 0 bridgehead atoms. The van der Waals surface area contributed by atoms with E-state index in [1.165, 1.54) is 0 Å². The monoisotopic (exact) mass is 304 g/mol. The van der Waals surface area contributed by atoms with Crippen LogP contribution in [0, 0.1) is 0 Å². The summed E-state index contributed by atoms with van der Waals surface area (Å²) in [6.45, 7) is 1.07. The van der Waals surface area contributed by atoms with Gasteiger partial charge in [-0.25, -0.2) is 4.79 Å². The maximum atomic E-state index is 12.9. The Morgan fingerprint density at radius 1 is 1.24 bits per heavy atom. The lowest BCUT2D eigenvalue weighted by molar-refractivity contribution is -0.153. The van der Waals surface area contributed by atoms with E-state index in [0.29, 0.717) is 19.1 Å². The summed E-state index contributed by atoms with van der Waals surface area (Å²) in [6, 6.07) is 0. The van der Waals surface area contributed by atoms with Gasteiger partial charge in [-0.1, -0.05) is 6.42 Å². The van der Waals surface area contributed by atoms with Crippen LogP contribution in [0.2, 0.25) is 0 Å². The Hall–Kier alpha value is -1.79. The van der Waals surface area contributed by atoms with E-state index in [4.69, 9.17) is 4.74 Å². The summed E-state index contributed by atoms with van der Waals surface area (Å²) in [5, 5.41) is 0. The number of ether oxygens (including phenoxy) is 1. The van der Waals surface area contributed by atoms with Crippen molar-refractivity contribution in [1.82, 2.24) is 0 Å². The number of rotatable bonds is 3. The molecule has 1 aromatic heterocycles. The zero-order chi connectivity index (χ0) is 15.6. The summed E-state index contributed by atoms with van der Waals surface area (Å²) in [5.74, 6) is -3.30. The van der Waals surface area contributed by atoms with Gasteiger partial charge in [0.05, 0.1) is 5.56 Å². The van der Waals surface area contributed by atoms with Gasteiger partial charge >= 0.3 is 12.1 Å². The fourth-order valence-electron chi connectivity index (χ4n) is 2.42. The molecule has 0 radical (unpaired) electrons. The number of furan rings is 1. The largest absolute Gasteiger partial charge is 0.459 e. The van der Waals surface area contributed by atoms with Crippen LogP contribution in [-0.4, -0.2) is 17.9 Å². The van der Waals surface area contributed by atoms with Crippen LogP contribution in [0.3, 0.4) is 0 Å². The second-order valence-electron chi connectivity index (χ2n) is 5.07. The summed E-state index contributed by atoms with van der Waals surface area (Å²) in [6.07, 6.45) is -0.587. The maximum absolute atomic E-state index is 12.9. The molecule has 7 heteroatoms. The molecule has 1 aliphatic rings. The molecule has 1 aliphatic carbocycles. The SMILES string of the molecule is CC(=O)c1coc(C(F)(F)F)c1C(=O)OC1CCCCC1. The molecule has 1 fully saturated rings. The van der Waals surface area contributed by atoms with Crippen molar-refractivity contribution >= 4 is 11.8 Å². The molecule has 2 rings (SSSR count). The molecular formula is C14H15F3O4. The number of carbonyl (C=O) groups excluding carboxylic acids is 2. The van der Waals surface area contributed by atoms with Gasteiger partial charge in [0.25, 0.3) is 0 Å². The van der Waals surface area contributed by atoms with Gasteiger partial charge in [0.2, 0.25) is 5.76 Å². The van der Waals surface area contributed by atoms with Crippen molar-refractivity contribution in [2.24, 2.45) is 0 Å². The second-order valence-corrected chi connectivity index (χ2v) is 5.07. The summed E-state index contributed by atoms with van der Waals surface area (Å²) in [7, 11) is 0. The fourth-order valence-corrected chi connectivity index (χ4v) is 2.42. The molecule has 0 unspecified atom stereocenters. The van der Waals surface area contributed by atoms with Crippen molar-refractivity contribution in [2.45, 2.75) is 51.3 Å². The van der Waals surface area contributed by atoms with Gasteiger partial charge in [0.15, 0.2) is 5.78 Å². The minimum atomic E-state index is -4.85. The minimum absolute atomic E-state index is 0.400. The highest BCUT2D eigenvalue weighted by Gasteiger charge is 2.42. The van der Waals surface area contributed by atoms with E-state index in [-0.39, 0.29) is 0 Å². The molecule has 21 heavy (non-hydrogen) atoms. The molecule has 0 aromatic carbocycles. The predicted molar refractivity (Wildman–Crippen MR) is 66.0 cm³/mol. The Labute approximate surface area is 119 Å². The highest BCUT2D eigenvalue weighted by Crippen LogP contribution is 2.36. The zero-order valence-corrected chi connectivity index (χ0v) is 11.5. The molecule has 1 heterocycles. The first-order chi connectivity index (χ1) is 9.80. The number of ketones is 1. The molecule has 1 saturated carbocycles. The Kier molecular flexibility index (Phi) is 4.39. The number of hydrogen-bond acceptors (Lipinski definition) is 4. The molecular weight excluding hydrogens is 289 g/mol. The molecule has 0 spiro atoms. The van der Waals surface area contributed by atoms with Crippen LogP contribution < -0.4 is 0 Å². The van der Waals surface area contributed by atoms with Gasteiger partial charge in [-0.15, -0.1) is 0 Å². The van der Waals surface area contributed by atoms with E-state index in [9.17, 15) is 22.8 Å². The van der Waals surface area contributed by atoms with E-state index in [0.717, 1.165) is 26.2 Å². The Balaban J connectivity index is 2.29. The Morgan fingerprint density at radius 3 is 2.38 bits per heavy atom. The van der Waals surface area contributed by atoms with Crippen molar-refractivity contribution < 1.29 is 31.9 Å². The van der Waals surface area contributed by atoms with Crippen LogP contribution in [0.15, 0.2) is 10.7 Å². The zero-order valence-electron chi connectivity index (χ0n) is 11.5. The highest BCUT2D eigenvalue weighted by atomic mass is 19.4. The molecule has 1 aromatic rings. The molecule has 0 atom stereocenters. The number of alkyl halides is 3. The van der Waals surface area contributed by atoms with Crippen LogP contribution >= 0.6 is 0 Å². The first-order valence-corrected chi connectivity index (χ1v) is 6.71. The molecule has 0 amide bonds. The molecule has 116 valence electrons. The van der Waals surface area contributed by atoms with Gasteiger partial charge in [0, 0.05) is 0 Å². The minimum Gasteiger partial charge on any atom is -0.459 e. The lowest BCUT2D eigenvalue weighted by Crippen LogP contribution is -2.23. The van der Waals surface area contributed by atoms with E-state index in [2.05, 4.69) is 4.42 Å². The number of esters is 1. The van der Waals surface area contributed by atoms with Crippen molar-refractivity contribution in [3.8, 4) is 0 Å². The van der Waals surface area contributed by atoms with Crippen LogP contribution in [0.1, 0.15) is 65.5 Å². The number of Topliss-reactive ketones (excluding diaryl/α,β-unsaturated/α-hetero) is 1. The van der Waals surface area contributed by atoms with Gasteiger partial charge in [-0.05, 0) is 32.6 Å². The molecule has 4 nitrogen and oxygen atoms in total. The average Bonchev–Trinajstić information content (AvgIpc) is 2.84. The van der Waals surface area contributed by atoms with Crippen molar-refractivity contribution in [1.29, 1.82) is 0 Å². The second kappa shape index (κ2) is 5.91. The van der Waals surface area contributed by atoms with Crippen LogP contribution in [0.5, 0.6) is 0 Å². The Morgan fingerprint density at radius 2 is 1.86 bits per heavy atom. The molecule has 0 saturated heterocycles. The smallest absolute Gasteiger partial charge is 0.450 e. The van der Waals surface area contributed by atoms with Gasteiger partial charge < -0.3 is 9.15 Å². The van der Waals surface area contributed by atoms with Gasteiger partial charge in [0.1, 0.15) is 17.9 Å². The fraction of sp³-hybridized carbons (Fsp3) is 0.571. The van der Waals surface area contributed by atoms with Crippen molar-refractivity contribution in [2.75, 3.05) is 0 Å². The third kappa shape index (κ3) is 3.46. The van der Waals surface area contributed by atoms with E-state index in [1.807, 2.05) is 0 Å². The Bertz CT molecular complexity index is 539. The lowest BCUT2D eigenvalue weighted by Gasteiger charge is -2.22. The predicted octanol–water partition coefficient (Wildman–Crippen LogP) is 3.99. The topological polar surface area (TPSA) is 56.5 Å². The summed E-state index contributed by atoms with van der Waals surface area (Å²) >= 11 is 0. The van der Waals surface area contributed by atoms with E-state index >= 15 is 0 Å². The average molecular weight is 304 g/mol.